The van der Waals surface area contributed by atoms with Gasteiger partial charge in [0.25, 0.3) is 0 Å². The molecule has 1 aromatic carbocycles. The number of benzene rings is 1. The third-order valence-corrected chi connectivity index (χ3v) is 2.30. The van der Waals surface area contributed by atoms with Gasteiger partial charge in [0.1, 0.15) is 11.6 Å². The van der Waals surface area contributed by atoms with E-state index in [0.717, 1.165) is 0 Å². The molecule has 0 aliphatic carbocycles. The summed E-state index contributed by atoms with van der Waals surface area (Å²) in [5.74, 6) is 0.272. The number of aromatic nitrogens is 2. The van der Waals surface area contributed by atoms with Crippen molar-refractivity contribution >= 4 is 17.4 Å². The van der Waals surface area contributed by atoms with Crippen LogP contribution in [-0.4, -0.2) is 17.2 Å². The third-order valence-electron chi connectivity index (χ3n) is 2.08. The minimum Gasteiger partial charge on any atom is -0.372 e. The van der Waals surface area contributed by atoms with Crippen molar-refractivity contribution in [2.24, 2.45) is 0 Å². The molecule has 0 atom stereocenters. The molecule has 0 unspecified atom stereocenters. The highest BCUT2D eigenvalue weighted by Crippen LogP contribution is 2.22. The molecule has 0 radical (unpaired) electrons. The Hall–Kier alpha value is -1.68. The summed E-state index contributed by atoms with van der Waals surface area (Å²) in [6.07, 6.45) is 0. The summed E-state index contributed by atoms with van der Waals surface area (Å²) in [5.41, 5.74) is 1.19. The Morgan fingerprint density at radius 2 is 2.00 bits per heavy atom. The van der Waals surface area contributed by atoms with E-state index in [2.05, 4.69) is 15.5 Å². The zero-order valence-corrected chi connectivity index (χ0v) is 9.29. The quantitative estimate of drug-likeness (QED) is 0.873. The summed E-state index contributed by atoms with van der Waals surface area (Å²) in [6, 6.07) is 7.79. The number of rotatable bonds is 2. The molecule has 0 saturated heterocycles. The number of hydrogen-bond acceptors (Lipinski definition) is 3. The molecule has 0 aliphatic heterocycles. The van der Waals surface area contributed by atoms with Gasteiger partial charge in [0, 0.05) is 17.6 Å². The van der Waals surface area contributed by atoms with Crippen LogP contribution in [0.15, 0.2) is 30.3 Å². The Labute approximate surface area is 97.3 Å². The highest BCUT2D eigenvalue weighted by Gasteiger charge is 2.04. The fourth-order valence-corrected chi connectivity index (χ4v) is 1.54. The van der Waals surface area contributed by atoms with Gasteiger partial charge < -0.3 is 5.32 Å². The van der Waals surface area contributed by atoms with Gasteiger partial charge >= 0.3 is 0 Å². The van der Waals surface area contributed by atoms with Crippen LogP contribution in [0, 0.1) is 5.82 Å². The molecule has 2 rings (SSSR count). The highest BCUT2D eigenvalue weighted by molar-refractivity contribution is 6.30. The van der Waals surface area contributed by atoms with E-state index in [1.807, 2.05) is 0 Å². The Bertz CT molecular complexity index is 479. The van der Waals surface area contributed by atoms with Gasteiger partial charge in [-0.05, 0) is 30.3 Å². The summed E-state index contributed by atoms with van der Waals surface area (Å²) >= 11 is 5.76. The number of nitrogens with one attached hydrogen (secondary N) is 1. The molecule has 16 heavy (non-hydrogen) atoms. The molecule has 0 fully saturated rings. The summed E-state index contributed by atoms with van der Waals surface area (Å²) in [6.45, 7) is 0. The standard InChI is InChI=1S/C11H9ClFN3/c1-14-11-3-2-10(15-16-11)7-4-8(12)6-9(13)5-7/h2-6H,1H3,(H,14,16). The molecule has 0 bridgehead atoms. The molecule has 2 aromatic rings. The molecule has 1 aromatic heterocycles. The van der Waals surface area contributed by atoms with Crippen molar-refractivity contribution in [3.8, 4) is 11.3 Å². The minimum absolute atomic E-state index is 0.342. The molecule has 5 heteroatoms. The summed E-state index contributed by atoms with van der Waals surface area (Å²) in [4.78, 5) is 0. The van der Waals surface area contributed by atoms with E-state index in [-0.39, 0.29) is 5.82 Å². The second-order valence-corrected chi connectivity index (χ2v) is 3.65. The van der Waals surface area contributed by atoms with Crippen LogP contribution in [0.4, 0.5) is 10.2 Å². The van der Waals surface area contributed by atoms with Gasteiger partial charge in [-0.2, -0.15) is 0 Å². The lowest BCUT2D eigenvalue weighted by Crippen LogP contribution is -1.95. The minimum atomic E-state index is -0.387. The lowest BCUT2D eigenvalue weighted by molar-refractivity contribution is 0.628. The first-order valence-corrected chi connectivity index (χ1v) is 5.05. The van der Waals surface area contributed by atoms with Gasteiger partial charge in [-0.3, -0.25) is 0 Å². The molecule has 3 nitrogen and oxygen atoms in total. The first kappa shape index (κ1) is 10.8. The van der Waals surface area contributed by atoms with Gasteiger partial charge in [-0.1, -0.05) is 11.6 Å². The zero-order chi connectivity index (χ0) is 11.5. The van der Waals surface area contributed by atoms with Gasteiger partial charge in [0.05, 0.1) is 5.69 Å². The average molecular weight is 238 g/mol. The van der Waals surface area contributed by atoms with E-state index in [9.17, 15) is 4.39 Å². The molecule has 82 valence electrons. The van der Waals surface area contributed by atoms with Crippen molar-refractivity contribution in [1.82, 2.24) is 10.2 Å². The van der Waals surface area contributed by atoms with E-state index < -0.39 is 0 Å². The van der Waals surface area contributed by atoms with Crippen molar-refractivity contribution in [2.75, 3.05) is 12.4 Å². The Morgan fingerprint density at radius 3 is 2.56 bits per heavy atom. The number of anilines is 1. The summed E-state index contributed by atoms with van der Waals surface area (Å²) in [5, 5.41) is 11.1. The second-order valence-electron chi connectivity index (χ2n) is 3.21. The van der Waals surface area contributed by atoms with Gasteiger partial charge in [0.15, 0.2) is 0 Å². The second kappa shape index (κ2) is 4.45. The summed E-state index contributed by atoms with van der Waals surface area (Å²) < 4.78 is 13.1. The van der Waals surface area contributed by atoms with Crippen LogP contribution in [0.2, 0.25) is 5.02 Å². The lowest BCUT2D eigenvalue weighted by Gasteiger charge is -2.02. The van der Waals surface area contributed by atoms with Gasteiger partial charge in [0.2, 0.25) is 0 Å². The van der Waals surface area contributed by atoms with Crippen LogP contribution >= 0.6 is 11.6 Å². The Balaban J connectivity index is 2.42. The number of halogens is 2. The van der Waals surface area contributed by atoms with Crippen LogP contribution in [0.5, 0.6) is 0 Å². The zero-order valence-electron chi connectivity index (χ0n) is 8.54. The number of hydrogen-bond donors (Lipinski definition) is 1. The number of nitrogens with zero attached hydrogens (tertiary/aromatic N) is 2. The maximum atomic E-state index is 13.1. The predicted octanol–water partition coefficient (Wildman–Crippen LogP) is 2.98. The predicted molar refractivity (Wildman–Crippen MR) is 62.0 cm³/mol. The van der Waals surface area contributed by atoms with Crippen molar-refractivity contribution in [3.05, 3.63) is 41.2 Å². The maximum absolute atomic E-state index is 13.1. The highest BCUT2D eigenvalue weighted by atomic mass is 35.5. The summed E-state index contributed by atoms with van der Waals surface area (Å²) in [7, 11) is 1.75. The first-order valence-electron chi connectivity index (χ1n) is 4.67. The largest absolute Gasteiger partial charge is 0.372 e. The average Bonchev–Trinajstić information content (AvgIpc) is 2.28. The van der Waals surface area contributed by atoms with Crippen LogP contribution < -0.4 is 5.32 Å². The van der Waals surface area contributed by atoms with E-state index in [4.69, 9.17) is 11.6 Å². The third kappa shape index (κ3) is 2.28. The van der Waals surface area contributed by atoms with Crippen molar-refractivity contribution in [2.45, 2.75) is 0 Å². The molecule has 0 spiro atoms. The fraction of sp³-hybridized carbons (Fsp3) is 0.0909. The van der Waals surface area contributed by atoms with Crippen molar-refractivity contribution in [1.29, 1.82) is 0 Å². The molecule has 1 heterocycles. The lowest BCUT2D eigenvalue weighted by atomic mass is 10.1. The molecule has 0 saturated carbocycles. The van der Waals surface area contributed by atoms with Crippen molar-refractivity contribution < 1.29 is 4.39 Å². The first-order chi connectivity index (χ1) is 7.69. The van der Waals surface area contributed by atoms with E-state index >= 15 is 0 Å². The van der Waals surface area contributed by atoms with Crippen LogP contribution in [0.25, 0.3) is 11.3 Å². The van der Waals surface area contributed by atoms with Crippen molar-refractivity contribution in [3.63, 3.8) is 0 Å². The SMILES string of the molecule is CNc1ccc(-c2cc(F)cc(Cl)c2)nn1. The van der Waals surface area contributed by atoms with Gasteiger partial charge in [-0.25, -0.2) is 4.39 Å². The van der Waals surface area contributed by atoms with E-state index in [0.29, 0.717) is 22.1 Å². The topological polar surface area (TPSA) is 37.8 Å². The monoisotopic (exact) mass is 237 g/mol. The molecular weight excluding hydrogens is 229 g/mol. The van der Waals surface area contributed by atoms with Gasteiger partial charge in [-0.15, -0.1) is 10.2 Å². The van der Waals surface area contributed by atoms with Crippen LogP contribution in [0.1, 0.15) is 0 Å². The molecule has 0 aliphatic rings. The molecular formula is C11H9ClFN3. The molecule has 0 amide bonds. The van der Waals surface area contributed by atoms with E-state index in [1.165, 1.54) is 12.1 Å². The van der Waals surface area contributed by atoms with E-state index in [1.54, 1.807) is 25.2 Å². The Kier molecular flexibility index (Phi) is 3.01. The van der Waals surface area contributed by atoms with Crippen LogP contribution in [-0.2, 0) is 0 Å². The fourth-order valence-electron chi connectivity index (χ4n) is 1.32. The molecule has 1 N–H and O–H groups in total. The Morgan fingerprint density at radius 1 is 1.19 bits per heavy atom. The van der Waals surface area contributed by atoms with Crippen LogP contribution in [0.3, 0.4) is 0 Å². The smallest absolute Gasteiger partial charge is 0.148 e. The maximum Gasteiger partial charge on any atom is 0.148 e. The normalized spacial score (nSPS) is 10.2.